The summed E-state index contributed by atoms with van der Waals surface area (Å²) < 4.78 is 5.07. The zero-order valence-electron chi connectivity index (χ0n) is 13.8. The first-order valence-corrected chi connectivity index (χ1v) is 7.96. The molecule has 3 N–H and O–H groups in total. The summed E-state index contributed by atoms with van der Waals surface area (Å²) in [5.74, 6) is -0.346. The molecule has 1 unspecified atom stereocenters. The zero-order chi connectivity index (χ0) is 17.4. The van der Waals surface area contributed by atoms with Gasteiger partial charge in [-0.15, -0.1) is 0 Å². The molecule has 23 heavy (non-hydrogen) atoms. The summed E-state index contributed by atoms with van der Waals surface area (Å²) >= 11 is 6.18. The third-order valence-electron chi connectivity index (χ3n) is 3.54. The van der Waals surface area contributed by atoms with E-state index in [1.807, 2.05) is 13.8 Å². The number of hydrogen-bond acceptors (Lipinski definition) is 4. The van der Waals surface area contributed by atoms with Gasteiger partial charge >= 0.3 is 0 Å². The lowest BCUT2D eigenvalue weighted by Crippen LogP contribution is -2.30. The van der Waals surface area contributed by atoms with Crippen LogP contribution >= 0.6 is 11.6 Å². The molecule has 0 saturated heterocycles. The number of carbonyl (C=O) groups is 2. The molecule has 1 aromatic carbocycles. The van der Waals surface area contributed by atoms with Gasteiger partial charge in [0.2, 0.25) is 5.91 Å². The Morgan fingerprint density at radius 3 is 2.48 bits per heavy atom. The van der Waals surface area contributed by atoms with Gasteiger partial charge in [-0.05, 0) is 32.0 Å². The summed E-state index contributed by atoms with van der Waals surface area (Å²) in [7, 11) is 1.51. The van der Waals surface area contributed by atoms with E-state index in [0.29, 0.717) is 29.4 Å². The van der Waals surface area contributed by atoms with Gasteiger partial charge in [0.1, 0.15) is 0 Å². The molecule has 0 bridgehead atoms. The smallest absolute Gasteiger partial charge is 0.255 e. The maximum Gasteiger partial charge on any atom is 0.255 e. The highest BCUT2D eigenvalue weighted by Crippen LogP contribution is 2.22. The van der Waals surface area contributed by atoms with Crippen LogP contribution in [0.4, 0.5) is 5.69 Å². The van der Waals surface area contributed by atoms with Crippen LogP contribution in [0.2, 0.25) is 5.02 Å². The third kappa shape index (κ3) is 5.49. The van der Waals surface area contributed by atoms with Crippen molar-refractivity contribution < 1.29 is 14.3 Å². The fraction of sp³-hybridized carbons (Fsp3) is 0.500. The average molecular weight is 342 g/mol. The van der Waals surface area contributed by atoms with Crippen molar-refractivity contribution in [1.29, 1.82) is 0 Å². The van der Waals surface area contributed by atoms with Crippen molar-refractivity contribution in [3.8, 4) is 0 Å². The van der Waals surface area contributed by atoms with Crippen LogP contribution in [0.15, 0.2) is 18.2 Å². The monoisotopic (exact) mass is 341 g/mol. The number of hydrogen-bond donors (Lipinski definition) is 2. The number of halogens is 1. The van der Waals surface area contributed by atoms with Crippen molar-refractivity contribution in [3.05, 3.63) is 28.8 Å². The number of nitrogens with zero attached hydrogens (tertiary/aromatic N) is 1. The second-order valence-electron chi connectivity index (χ2n) is 5.02. The largest absolute Gasteiger partial charge is 0.380 e. The number of benzene rings is 1. The summed E-state index contributed by atoms with van der Waals surface area (Å²) in [6.07, 6.45) is -0.168. The Labute approximate surface area is 141 Å². The molecular weight excluding hydrogens is 318 g/mol. The fourth-order valence-electron chi connectivity index (χ4n) is 2.13. The van der Waals surface area contributed by atoms with Crippen LogP contribution in [0.5, 0.6) is 0 Å². The molecule has 6 nitrogen and oxygen atoms in total. The lowest BCUT2D eigenvalue weighted by Gasteiger charge is -2.19. The second-order valence-corrected chi connectivity index (χ2v) is 5.42. The molecule has 128 valence electrons. The molecule has 0 fully saturated rings. The Hall–Kier alpha value is -1.63. The Morgan fingerprint density at radius 2 is 2.00 bits per heavy atom. The first-order chi connectivity index (χ1) is 11.0. The minimum absolute atomic E-state index is 0.125. The third-order valence-corrected chi connectivity index (χ3v) is 3.86. The minimum atomic E-state index is -0.325. The van der Waals surface area contributed by atoms with Gasteiger partial charge in [-0.1, -0.05) is 11.6 Å². The van der Waals surface area contributed by atoms with E-state index in [0.717, 1.165) is 0 Å². The van der Waals surface area contributed by atoms with E-state index < -0.39 is 0 Å². The highest BCUT2D eigenvalue weighted by molar-refractivity contribution is 6.34. The molecule has 0 aliphatic heterocycles. The molecule has 1 atom stereocenters. The van der Waals surface area contributed by atoms with Crippen LogP contribution in [0.3, 0.4) is 0 Å². The van der Waals surface area contributed by atoms with Crippen LogP contribution in [-0.4, -0.2) is 49.6 Å². The molecule has 0 radical (unpaired) electrons. The molecule has 1 aromatic rings. The van der Waals surface area contributed by atoms with Crippen LogP contribution in [0, 0.1) is 0 Å². The Kier molecular flexibility index (Phi) is 8.02. The van der Waals surface area contributed by atoms with E-state index in [-0.39, 0.29) is 30.9 Å². The van der Waals surface area contributed by atoms with E-state index in [4.69, 9.17) is 22.1 Å². The fourth-order valence-corrected chi connectivity index (χ4v) is 2.39. The lowest BCUT2D eigenvalue weighted by molar-refractivity contribution is -0.118. The maximum absolute atomic E-state index is 12.3. The predicted octanol–water partition coefficient (Wildman–Crippen LogP) is 2.12. The summed E-state index contributed by atoms with van der Waals surface area (Å²) in [5.41, 5.74) is 6.44. The van der Waals surface area contributed by atoms with Crippen molar-refractivity contribution in [2.24, 2.45) is 5.73 Å². The second kappa shape index (κ2) is 9.50. The number of nitrogens with one attached hydrogen (secondary N) is 1. The van der Waals surface area contributed by atoms with Crippen LogP contribution < -0.4 is 11.1 Å². The molecule has 0 saturated carbocycles. The van der Waals surface area contributed by atoms with E-state index in [1.165, 1.54) is 7.11 Å². The van der Waals surface area contributed by atoms with E-state index in [9.17, 15) is 9.59 Å². The minimum Gasteiger partial charge on any atom is -0.380 e. The maximum atomic E-state index is 12.3. The van der Waals surface area contributed by atoms with Gasteiger partial charge in [-0.25, -0.2) is 0 Å². The normalized spacial score (nSPS) is 11.9. The van der Waals surface area contributed by atoms with Crippen LogP contribution in [0.25, 0.3) is 0 Å². The summed E-state index contributed by atoms with van der Waals surface area (Å²) in [5, 5.41) is 3.03. The average Bonchev–Trinajstić information content (AvgIpc) is 2.53. The number of anilines is 1. The van der Waals surface area contributed by atoms with Crippen molar-refractivity contribution in [2.75, 3.05) is 32.1 Å². The molecule has 0 heterocycles. The Balaban J connectivity index is 2.80. The van der Waals surface area contributed by atoms with Gasteiger partial charge in [0.15, 0.2) is 0 Å². The van der Waals surface area contributed by atoms with E-state index in [1.54, 1.807) is 23.1 Å². The molecule has 7 heteroatoms. The standard InChI is InChI=1S/C16H24ClN3O3/c1-4-20(5-2)16(22)13-7-6-11(8-14(13)17)19-15(21)9-12(10-18)23-3/h6-8,12H,4-5,9-10,18H2,1-3H3,(H,19,21). The first-order valence-electron chi connectivity index (χ1n) is 7.58. The van der Waals surface area contributed by atoms with Crippen molar-refractivity contribution >= 4 is 29.1 Å². The summed E-state index contributed by atoms with van der Waals surface area (Å²) in [6, 6.07) is 4.85. The van der Waals surface area contributed by atoms with Crippen molar-refractivity contribution in [1.82, 2.24) is 4.90 Å². The van der Waals surface area contributed by atoms with Gasteiger partial charge < -0.3 is 20.7 Å². The molecule has 0 spiro atoms. The molecule has 1 rings (SSSR count). The molecule has 0 aromatic heterocycles. The number of nitrogens with two attached hydrogens (primary N) is 1. The lowest BCUT2D eigenvalue weighted by atomic mass is 10.1. The summed E-state index contributed by atoms with van der Waals surface area (Å²) in [4.78, 5) is 25.9. The SMILES string of the molecule is CCN(CC)C(=O)c1ccc(NC(=O)CC(CN)OC)cc1Cl. The van der Waals surface area contributed by atoms with Crippen LogP contribution in [-0.2, 0) is 9.53 Å². The van der Waals surface area contributed by atoms with Gasteiger partial charge in [-0.3, -0.25) is 9.59 Å². The Bertz CT molecular complexity index is 543. The molecule has 0 aliphatic carbocycles. The quantitative estimate of drug-likeness (QED) is 0.758. The number of carbonyl (C=O) groups excluding carboxylic acids is 2. The van der Waals surface area contributed by atoms with Gasteiger partial charge in [0, 0.05) is 32.4 Å². The molecule has 0 aliphatic rings. The number of rotatable bonds is 8. The van der Waals surface area contributed by atoms with E-state index in [2.05, 4.69) is 5.32 Å². The van der Waals surface area contributed by atoms with Crippen molar-refractivity contribution in [3.63, 3.8) is 0 Å². The molecular formula is C16H24ClN3O3. The highest BCUT2D eigenvalue weighted by atomic mass is 35.5. The van der Waals surface area contributed by atoms with E-state index >= 15 is 0 Å². The van der Waals surface area contributed by atoms with Gasteiger partial charge in [-0.2, -0.15) is 0 Å². The first kappa shape index (κ1) is 19.4. The zero-order valence-corrected chi connectivity index (χ0v) is 14.5. The number of methoxy groups -OCH3 is 1. The number of ether oxygens (including phenoxy) is 1. The Morgan fingerprint density at radius 1 is 1.35 bits per heavy atom. The molecule has 2 amide bonds. The predicted molar refractivity (Wildman–Crippen MR) is 91.8 cm³/mol. The van der Waals surface area contributed by atoms with Crippen LogP contribution in [0.1, 0.15) is 30.6 Å². The van der Waals surface area contributed by atoms with Gasteiger partial charge in [0.05, 0.1) is 23.1 Å². The highest BCUT2D eigenvalue weighted by Gasteiger charge is 2.17. The van der Waals surface area contributed by atoms with Crippen molar-refractivity contribution in [2.45, 2.75) is 26.4 Å². The topological polar surface area (TPSA) is 84.7 Å². The van der Waals surface area contributed by atoms with Gasteiger partial charge in [0.25, 0.3) is 5.91 Å². The summed E-state index contributed by atoms with van der Waals surface area (Å²) in [6.45, 7) is 5.31. The number of amides is 2.